The Kier molecular flexibility index (Phi) is 3.92. The number of ether oxygens (including phenoxy) is 2. The molecule has 78 valence electrons. The van der Waals surface area contributed by atoms with E-state index in [0.717, 1.165) is 0 Å². The number of methoxy groups -OCH3 is 1. The predicted octanol–water partition coefficient (Wildman–Crippen LogP) is 2.11. The zero-order chi connectivity index (χ0) is 10.6. The van der Waals surface area contributed by atoms with Gasteiger partial charge in [-0.25, -0.2) is 0 Å². The molecule has 1 unspecified atom stereocenters. The molecule has 1 aromatic rings. The predicted molar refractivity (Wildman–Crippen MR) is 54.2 cm³/mol. The molecule has 1 rings (SSSR count). The van der Waals surface area contributed by atoms with Gasteiger partial charge in [-0.1, -0.05) is 26.0 Å². The van der Waals surface area contributed by atoms with Crippen LogP contribution in [0, 0.1) is 0 Å². The molecular weight excluding hydrogens is 180 g/mol. The Morgan fingerprint density at radius 3 is 2.14 bits per heavy atom. The largest absolute Gasteiger partial charge is 0.441 e. The van der Waals surface area contributed by atoms with Crippen molar-refractivity contribution in [1.29, 1.82) is 0 Å². The summed E-state index contributed by atoms with van der Waals surface area (Å²) in [5.41, 5.74) is 1.24. The van der Waals surface area contributed by atoms with Crippen molar-refractivity contribution >= 4 is 0 Å². The van der Waals surface area contributed by atoms with Crippen LogP contribution in [0.25, 0.3) is 0 Å². The Labute approximate surface area is 84.3 Å². The van der Waals surface area contributed by atoms with Gasteiger partial charge in [-0.05, 0) is 23.6 Å². The molecule has 3 heteroatoms. The molecule has 0 aliphatic rings. The van der Waals surface area contributed by atoms with Gasteiger partial charge in [0.05, 0.1) is 0 Å². The second-order valence-corrected chi connectivity index (χ2v) is 3.38. The van der Waals surface area contributed by atoms with Gasteiger partial charge in [0.25, 0.3) is 0 Å². The van der Waals surface area contributed by atoms with Gasteiger partial charge in [0.1, 0.15) is 5.75 Å². The number of aliphatic hydroxyl groups excluding tert-OH is 1. The van der Waals surface area contributed by atoms with Gasteiger partial charge in [0.2, 0.25) is 0 Å². The fourth-order valence-electron chi connectivity index (χ4n) is 1.10. The van der Waals surface area contributed by atoms with Crippen LogP contribution in [0.1, 0.15) is 25.3 Å². The van der Waals surface area contributed by atoms with Crippen molar-refractivity contribution in [3.8, 4) is 5.75 Å². The highest BCUT2D eigenvalue weighted by Crippen LogP contribution is 2.19. The zero-order valence-corrected chi connectivity index (χ0v) is 8.73. The van der Waals surface area contributed by atoms with E-state index in [0.29, 0.717) is 11.7 Å². The molecule has 0 saturated carbocycles. The van der Waals surface area contributed by atoms with E-state index in [2.05, 4.69) is 18.6 Å². The van der Waals surface area contributed by atoms with Gasteiger partial charge in [0.15, 0.2) is 0 Å². The van der Waals surface area contributed by atoms with Crippen molar-refractivity contribution in [2.75, 3.05) is 7.11 Å². The minimum absolute atomic E-state index is 0.497. The van der Waals surface area contributed by atoms with Crippen LogP contribution in [-0.2, 0) is 4.74 Å². The monoisotopic (exact) mass is 196 g/mol. The van der Waals surface area contributed by atoms with Gasteiger partial charge in [-0.3, -0.25) is 0 Å². The fourth-order valence-corrected chi connectivity index (χ4v) is 1.10. The third kappa shape index (κ3) is 3.01. The number of aliphatic hydroxyl groups is 1. The maximum absolute atomic E-state index is 9.05. The van der Waals surface area contributed by atoms with Crippen molar-refractivity contribution in [3.05, 3.63) is 29.8 Å². The van der Waals surface area contributed by atoms with Gasteiger partial charge in [-0.15, -0.1) is 0 Å². The summed E-state index contributed by atoms with van der Waals surface area (Å²) in [6, 6.07) is 7.58. The van der Waals surface area contributed by atoms with E-state index in [1.54, 1.807) is 0 Å². The molecule has 0 aliphatic heterocycles. The SMILES string of the molecule is COC(O)Oc1ccc(C(C)C)cc1. The van der Waals surface area contributed by atoms with E-state index in [-0.39, 0.29) is 0 Å². The van der Waals surface area contributed by atoms with Crippen molar-refractivity contribution in [3.63, 3.8) is 0 Å². The van der Waals surface area contributed by atoms with Crippen LogP contribution in [0.5, 0.6) is 5.75 Å². The average Bonchev–Trinajstić information content (AvgIpc) is 2.18. The lowest BCUT2D eigenvalue weighted by atomic mass is 10.0. The van der Waals surface area contributed by atoms with Gasteiger partial charge in [0, 0.05) is 7.11 Å². The summed E-state index contributed by atoms with van der Waals surface area (Å²) in [5, 5.41) is 9.05. The number of rotatable bonds is 4. The number of benzene rings is 1. The fraction of sp³-hybridized carbons (Fsp3) is 0.455. The lowest BCUT2D eigenvalue weighted by molar-refractivity contribution is -0.200. The maximum Gasteiger partial charge on any atom is 0.313 e. The first-order valence-corrected chi connectivity index (χ1v) is 4.61. The highest BCUT2D eigenvalue weighted by Gasteiger charge is 2.03. The molecule has 0 amide bonds. The minimum atomic E-state index is -1.19. The summed E-state index contributed by atoms with van der Waals surface area (Å²) >= 11 is 0. The van der Waals surface area contributed by atoms with E-state index in [9.17, 15) is 0 Å². The second kappa shape index (κ2) is 4.98. The molecule has 0 saturated heterocycles. The zero-order valence-electron chi connectivity index (χ0n) is 8.73. The topological polar surface area (TPSA) is 38.7 Å². The summed E-state index contributed by atoms with van der Waals surface area (Å²) in [6.07, 6.45) is 0. The molecule has 3 nitrogen and oxygen atoms in total. The third-order valence-electron chi connectivity index (χ3n) is 1.99. The summed E-state index contributed by atoms with van der Waals surface area (Å²) in [6.45, 7) is 3.06. The second-order valence-electron chi connectivity index (χ2n) is 3.38. The molecule has 1 atom stereocenters. The molecule has 14 heavy (non-hydrogen) atoms. The molecule has 0 radical (unpaired) electrons. The van der Waals surface area contributed by atoms with E-state index >= 15 is 0 Å². The summed E-state index contributed by atoms with van der Waals surface area (Å²) in [5.74, 6) is 1.10. The van der Waals surface area contributed by atoms with Crippen LogP contribution in [-0.4, -0.2) is 18.7 Å². The Morgan fingerprint density at radius 2 is 1.71 bits per heavy atom. The van der Waals surface area contributed by atoms with Gasteiger partial charge >= 0.3 is 6.48 Å². The van der Waals surface area contributed by atoms with Gasteiger partial charge in [-0.2, -0.15) is 0 Å². The van der Waals surface area contributed by atoms with E-state index in [1.165, 1.54) is 12.7 Å². The Balaban J connectivity index is 2.64. The van der Waals surface area contributed by atoms with E-state index < -0.39 is 6.48 Å². The van der Waals surface area contributed by atoms with Gasteiger partial charge < -0.3 is 14.6 Å². The molecule has 1 aromatic carbocycles. The Morgan fingerprint density at radius 1 is 1.14 bits per heavy atom. The molecule has 1 N–H and O–H groups in total. The molecule has 0 heterocycles. The quantitative estimate of drug-likeness (QED) is 0.749. The third-order valence-corrected chi connectivity index (χ3v) is 1.99. The Hall–Kier alpha value is -1.06. The van der Waals surface area contributed by atoms with Crippen molar-refractivity contribution < 1.29 is 14.6 Å². The van der Waals surface area contributed by atoms with Crippen LogP contribution >= 0.6 is 0 Å². The molecule has 0 aromatic heterocycles. The summed E-state index contributed by atoms with van der Waals surface area (Å²) < 4.78 is 9.60. The molecule has 0 aliphatic carbocycles. The highest BCUT2D eigenvalue weighted by atomic mass is 16.8. The molecule has 0 bridgehead atoms. The van der Waals surface area contributed by atoms with E-state index in [1.807, 2.05) is 24.3 Å². The van der Waals surface area contributed by atoms with Crippen molar-refractivity contribution in [1.82, 2.24) is 0 Å². The minimum Gasteiger partial charge on any atom is -0.441 e. The van der Waals surface area contributed by atoms with Crippen molar-refractivity contribution in [2.24, 2.45) is 0 Å². The van der Waals surface area contributed by atoms with Crippen LogP contribution < -0.4 is 4.74 Å². The standard InChI is InChI=1S/C11H16O3/c1-8(2)9-4-6-10(7-5-9)14-11(12)13-3/h4-8,11-12H,1-3H3. The smallest absolute Gasteiger partial charge is 0.313 e. The highest BCUT2D eigenvalue weighted by molar-refractivity contribution is 5.28. The number of hydrogen-bond donors (Lipinski definition) is 1. The first kappa shape index (κ1) is 11.0. The van der Waals surface area contributed by atoms with E-state index in [4.69, 9.17) is 9.84 Å². The molecule has 0 spiro atoms. The maximum atomic E-state index is 9.05. The summed E-state index contributed by atoms with van der Waals surface area (Å²) in [4.78, 5) is 0. The average molecular weight is 196 g/mol. The van der Waals surface area contributed by atoms with Crippen LogP contribution in [0.2, 0.25) is 0 Å². The van der Waals surface area contributed by atoms with Crippen LogP contribution in [0.3, 0.4) is 0 Å². The lowest BCUT2D eigenvalue weighted by Gasteiger charge is -2.12. The van der Waals surface area contributed by atoms with Crippen LogP contribution in [0.15, 0.2) is 24.3 Å². The lowest BCUT2D eigenvalue weighted by Crippen LogP contribution is -2.17. The first-order chi connectivity index (χ1) is 6.63. The van der Waals surface area contributed by atoms with Crippen LogP contribution in [0.4, 0.5) is 0 Å². The first-order valence-electron chi connectivity index (χ1n) is 4.61. The summed E-state index contributed by atoms with van der Waals surface area (Å²) in [7, 11) is 1.38. The van der Waals surface area contributed by atoms with Crippen molar-refractivity contribution in [2.45, 2.75) is 26.2 Å². The number of hydrogen-bond acceptors (Lipinski definition) is 3. The normalized spacial score (nSPS) is 12.9. The Bertz CT molecular complexity index is 266. The molecule has 0 fully saturated rings. The molecular formula is C11H16O3.